The number of ether oxygens (including phenoxy) is 2. The summed E-state index contributed by atoms with van der Waals surface area (Å²) in [7, 11) is 3.04. The van der Waals surface area contributed by atoms with Gasteiger partial charge in [0.1, 0.15) is 17.1 Å². The van der Waals surface area contributed by atoms with Crippen LogP contribution in [-0.2, 0) is 11.4 Å². The molecule has 1 atom stereocenters. The molecule has 224 valence electrons. The van der Waals surface area contributed by atoms with Gasteiger partial charge in [0, 0.05) is 37.0 Å². The zero-order valence-corrected chi connectivity index (χ0v) is 24.7. The number of methoxy groups -OCH3 is 2. The second-order valence-corrected chi connectivity index (χ2v) is 10.4. The number of carbonyl (C=O) groups excluding carboxylic acids is 2. The van der Waals surface area contributed by atoms with Crippen molar-refractivity contribution in [1.82, 2.24) is 10.6 Å². The van der Waals surface area contributed by atoms with Crippen molar-refractivity contribution in [1.29, 1.82) is 0 Å². The summed E-state index contributed by atoms with van der Waals surface area (Å²) in [5.74, 6) is 0.448. The fraction of sp³-hybridized carbons (Fsp3) is 0.188. The first kappa shape index (κ1) is 31.2. The van der Waals surface area contributed by atoms with Crippen molar-refractivity contribution in [2.75, 3.05) is 50.5 Å². The molecule has 0 aromatic heterocycles. The van der Waals surface area contributed by atoms with Crippen LogP contribution in [0.15, 0.2) is 95.9 Å². The van der Waals surface area contributed by atoms with Gasteiger partial charge in [0.15, 0.2) is 5.75 Å². The van der Waals surface area contributed by atoms with E-state index in [1.165, 1.54) is 14.2 Å². The summed E-state index contributed by atoms with van der Waals surface area (Å²) in [5, 5.41) is 17.8. The van der Waals surface area contributed by atoms with Crippen molar-refractivity contribution in [3.8, 4) is 22.6 Å². The first-order chi connectivity index (χ1) is 20.9. The molecule has 43 heavy (non-hydrogen) atoms. The van der Waals surface area contributed by atoms with E-state index in [1.54, 1.807) is 60.7 Å². The van der Waals surface area contributed by atoms with Crippen LogP contribution >= 0.6 is 0 Å². The number of anilines is 2. The second-order valence-electron chi connectivity index (χ2n) is 9.26. The first-order valence-electron chi connectivity index (χ1n) is 13.5. The van der Waals surface area contributed by atoms with Crippen LogP contribution in [0.25, 0.3) is 11.1 Å². The summed E-state index contributed by atoms with van der Waals surface area (Å²) in [6, 6.07) is 26.8. The van der Waals surface area contributed by atoms with E-state index in [-0.39, 0.29) is 25.0 Å². The minimum absolute atomic E-state index is 0.145. The molecule has 0 fully saturated rings. The Morgan fingerprint density at radius 3 is 2.26 bits per heavy atom. The molecule has 0 heterocycles. The molecule has 4 aromatic rings. The van der Waals surface area contributed by atoms with E-state index in [2.05, 4.69) is 20.7 Å². The smallest absolute Gasteiger partial charge is 0.255 e. The monoisotopic (exact) mass is 602 g/mol. The van der Waals surface area contributed by atoms with Crippen LogP contribution in [0.4, 0.5) is 11.4 Å². The van der Waals surface area contributed by atoms with Crippen LogP contribution < -0.4 is 30.1 Å². The summed E-state index contributed by atoms with van der Waals surface area (Å²) >= 11 is -1.67. The Kier molecular flexibility index (Phi) is 11.3. The third kappa shape index (κ3) is 8.41. The fourth-order valence-corrected chi connectivity index (χ4v) is 5.30. The number of benzene rings is 4. The van der Waals surface area contributed by atoms with E-state index < -0.39 is 11.4 Å². The van der Waals surface area contributed by atoms with Crippen LogP contribution in [0.5, 0.6) is 11.5 Å². The third-order valence-corrected chi connectivity index (χ3v) is 7.52. The highest BCUT2D eigenvalue weighted by Crippen LogP contribution is 2.32. The van der Waals surface area contributed by atoms with Gasteiger partial charge in [-0.25, -0.2) is 4.72 Å². The average Bonchev–Trinajstić information content (AvgIpc) is 3.05. The van der Waals surface area contributed by atoms with Gasteiger partial charge in [0.2, 0.25) is 4.90 Å². The summed E-state index contributed by atoms with van der Waals surface area (Å²) in [6.07, 6.45) is 0. The van der Waals surface area contributed by atoms with Crippen molar-refractivity contribution in [2.24, 2.45) is 0 Å². The topological polar surface area (TPSA) is 144 Å². The third-order valence-electron chi connectivity index (χ3n) is 6.38. The van der Waals surface area contributed by atoms with E-state index in [0.29, 0.717) is 46.3 Å². The molecule has 10 nitrogen and oxygen atoms in total. The van der Waals surface area contributed by atoms with Gasteiger partial charge in [-0.3, -0.25) is 9.59 Å². The average molecular weight is 603 g/mol. The number of carbonyl (C=O) groups is 2. The van der Waals surface area contributed by atoms with Crippen LogP contribution in [-0.4, -0.2) is 61.9 Å². The van der Waals surface area contributed by atoms with Gasteiger partial charge in [-0.15, -0.1) is 0 Å². The highest BCUT2D eigenvalue weighted by Gasteiger charge is 2.20. The highest BCUT2D eigenvalue weighted by molar-refractivity contribution is 7.92. The lowest BCUT2D eigenvalue weighted by atomic mass is 10.0. The Hall–Kier alpha value is -4.71. The van der Waals surface area contributed by atoms with Gasteiger partial charge in [0.05, 0.1) is 32.1 Å². The standard InChI is InChI=1S/C32H34N4O6S/c1-41-28-12-4-3-11-27(28)32(39)34-16-15-33-25-9-6-10-26(21-25)36-43(40)30-20-23(13-14-29(30)42-2)22-7-5-8-24(19-22)31(38)35-17-18-37/h3-14,19-21,33,36-37H,15-18H2,1-2H3,(H,34,39)(H,35,38). The van der Waals surface area contributed by atoms with Gasteiger partial charge >= 0.3 is 0 Å². The lowest BCUT2D eigenvalue weighted by Gasteiger charge is -2.16. The maximum Gasteiger partial charge on any atom is 0.255 e. The van der Waals surface area contributed by atoms with Gasteiger partial charge < -0.3 is 35.1 Å². The lowest BCUT2D eigenvalue weighted by molar-refractivity contribution is 0.0939. The van der Waals surface area contributed by atoms with Crippen molar-refractivity contribution >= 4 is 34.6 Å². The van der Waals surface area contributed by atoms with Crippen LogP contribution in [0.3, 0.4) is 0 Å². The largest absolute Gasteiger partial charge is 0.588 e. The molecule has 1 unspecified atom stereocenters. The maximum atomic E-state index is 13.5. The van der Waals surface area contributed by atoms with Crippen LogP contribution in [0.2, 0.25) is 0 Å². The Morgan fingerprint density at radius 1 is 0.744 bits per heavy atom. The zero-order chi connectivity index (χ0) is 30.6. The maximum absolute atomic E-state index is 13.5. The number of amides is 2. The molecular weight excluding hydrogens is 568 g/mol. The fourth-order valence-electron chi connectivity index (χ4n) is 4.28. The van der Waals surface area contributed by atoms with E-state index in [4.69, 9.17) is 14.6 Å². The predicted molar refractivity (Wildman–Crippen MR) is 168 cm³/mol. The van der Waals surface area contributed by atoms with E-state index >= 15 is 0 Å². The van der Waals surface area contributed by atoms with Crippen molar-refractivity contribution in [3.63, 3.8) is 0 Å². The Bertz CT molecular complexity index is 1550. The Morgan fingerprint density at radius 2 is 1.47 bits per heavy atom. The zero-order valence-electron chi connectivity index (χ0n) is 23.9. The molecule has 0 bridgehead atoms. The molecule has 0 saturated heterocycles. The molecular formula is C32H34N4O6S. The number of para-hydroxylation sites is 1. The van der Waals surface area contributed by atoms with Crippen molar-refractivity contribution in [3.05, 3.63) is 102 Å². The number of rotatable bonds is 14. The number of hydrogen-bond acceptors (Lipinski definition) is 8. The molecule has 4 rings (SSSR count). The summed E-state index contributed by atoms with van der Waals surface area (Å²) in [5.41, 5.74) is 3.84. The van der Waals surface area contributed by atoms with Gasteiger partial charge in [-0.1, -0.05) is 36.4 Å². The van der Waals surface area contributed by atoms with E-state index in [9.17, 15) is 14.1 Å². The first-order valence-corrected chi connectivity index (χ1v) is 14.7. The van der Waals surface area contributed by atoms with Crippen molar-refractivity contribution in [2.45, 2.75) is 4.90 Å². The molecule has 0 aliphatic carbocycles. The molecule has 0 aliphatic heterocycles. The van der Waals surface area contributed by atoms with E-state index in [0.717, 1.165) is 16.8 Å². The summed E-state index contributed by atoms with van der Waals surface area (Å²) in [4.78, 5) is 25.3. The summed E-state index contributed by atoms with van der Waals surface area (Å²) in [6.45, 7) is 0.876. The second kappa shape index (κ2) is 15.5. The molecule has 0 aliphatic rings. The minimum Gasteiger partial charge on any atom is -0.588 e. The molecule has 0 saturated carbocycles. The van der Waals surface area contributed by atoms with Gasteiger partial charge in [-0.05, 0) is 59.7 Å². The van der Waals surface area contributed by atoms with Gasteiger partial charge in [0.25, 0.3) is 11.8 Å². The quantitative estimate of drug-likeness (QED) is 0.107. The Labute approximate surface area is 253 Å². The van der Waals surface area contributed by atoms with E-state index in [1.807, 2.05) is 30.3 Å². The van der Waals surface area contributed by atoms with Gasteiger partial charge in [-0.2, -0.15) is 0 Å². The molecule has 0 spiro atoms. The minimum atomic E-state index is -1.67. The SMILES string of the molecule is COc1ccccc1C(=O)NCCNc1cccc(N[S+]([O-])c2cc(-c3cccc(C(=O)NCCO)c3)ccc2OC)c1. The van der Waals surface area contributed by atoms with Crippen LogP contribution in [0.1, 0.15) is 20.7 Å². The molecule has 5 N–H and O–H groups in total. The number of hydrogen-bond donors (Lipinski definition) is 5. The Balaban J connectivity index is 1.40. The summed E-state index contributed by atoms with van der Waals surface area (Å²) < 4.78 is 27.2. The molecule has 11 heteroatoms. The van der Waals surface area contributed by atoms with Crippen molar-refractivity contribution < 1.29 is 28.7 Å². The number of aliphatic hydroxyl groups is 1. The molecule has 2 amide bonds. The predicted octanol–water partition coefficient (Wildman–Crippen LogP) is 4.07. The normalized spacial score (nSPS) is 11.3. The number of aliphatic hydroxyl groups excluding tert-OH is 1. The van der Waals surface area contributed by atoms with Crippen LogP contribution in [0, 0.1) is 0 Å². The lowest BCUT2D eigenvalue weighted by Crippen LogP contribution is -2.29. The highest BCUT2D eigenvalue weighted by atomic mass is 32.2. The number of nitrogens with one attached hydrogen (secondary N) is 4. The molecule has 4 aromatic carbocycles. The molecule has 0 radical (unpaired) electrons.